The zero-order valence-corrected chi connectivity index (χ0v) is 13.0. The van der Waals surface area contributed by atoms with E-state index in [-0.39, 0.29) is 0 Å². The molecule has 112 valence electrons. The first-order chi connectivity index (χ1) is 9.30. The van der Waals surface area contributed by atoms with Crippen molar-refractivity contribution in [2.75, 3.05) is 30.9 Å². The molecule has 20 heavy (non-hydrogen) atoms. The Hall–Kier alpha value is -1.36. The van der Waals surface area contributed by atoms with E-state index in [1.165, 1.54) is 0 Å². The molecular weight excluding hydrogens is 252 g/mol. The molecule has 0 radical (unpaired) electrons. The Balaban J connectivity index is 1.93. The summed E-state index contributed by atoms with van der Waals surface area (Å²) in [5, 5.41) is 13.9. The van der Waals surface area contributed by atoms with Crippen LogP contribution in [0.15, 0.2) is 12.3 Å². The lowest BCUT2D eigenvalue weighted by Crippen LogP contribution is -2.42. The summed E-state index contributed by atoms with van der Waals surface area (Å²) in [5.41, 5.74) is -0.252. The summed E-state index contributed by atoms with van der Waals surface area (Å²) in [6.07, 6.45) is 5.56. The Kier molecular flexibility index (Phi) is 4.18. The van der Waals surface area contributed by atoms with Crippen LogP contribution in [-0.4, -0.2) is 41.3 Å². The van der Waals surface area contributed by atoms with Gasteiger partial charge in [-0.05, 0) is 37.2 Å². The normalized spacial score (nSPS) is 20.4. The lowest BCUT2D eigenvalue weighted by atomic mass is 9.71. The van der Waals surface area contributed by atoms with E-state index in [1.807, 2.05) is 25.1 Å². The number of nitrogens with one attached hydrogen (secondary N) is 1. The van der Waals surface area contributed by atoms with E-state index < -0.39 is 5.60 Å². The summed E-state index contributed by atoms with van der Waals surface area (Å²) in [7, 11) is 3.83. The molecule has 0 aromatic carbocycles. The van der Waals surface area contributed by atoms with Gasteiger partial charge in [0.25, 0.3) is 0 Å². The molecule has 1 aromatic heterocycles. The maximum atomic E-state index is 10.6. The van der Waals surface area contributed by atoms with Crippen molar-refractivity contribution < 1.29 is 5.11 Å². The third kappa shape index (κ3) is 3.82. The van der Waals surface area contributed by atoms with Gasteiger partial charge in [0.1, 0.15) is 5.82 Å². The Morgan fingerprint density at radius 2 is 1.90 bits per heavy atom. The summed E-state index contributed by atoms with van der Waals surface area (Å²) in [4.78, 5) is 10.5. The molecule has 1 heterocycles. The third-order valence-corrected chi connectivity index (χ3v) is 4.18. The first kappa shape index (κ1) is 15.0. The second-order valence-electron chi connectivity index (χ2n) is 6.88. The second-order valence-corrected chi connectivity index (χ2v) is 6.88. The van der Waals surface area contributed by atoms with E-state index in [0.717, 1.165) is 31.5 Å². The van der Waals surface area contributed by atoms with Gasteiger partial charge in [0.15, 0.2) is 0 Å². The first-order valence-electron chi connectivity index (χ1n) is 7.26. The molecule has 1 aliphatic rings. The van der Waals surface area contributed by atoms with Crippen LogP contribution < -0.4 is 10.2 Å². The van der Waals surface area contributed by atoms with Crippen molar-refractivity contribution in [1.82, 2.24) is 9.97 Å². The van der Waals surface area contributed by atoms with Gasteiger partial charge >= 0.3 is 0 Å². The number of aliphatic hydroxyl groups is 1. The zero-order chi connectivity index (χ0) is 14.8. The van der Waals surface area contributed by atoms with Crippen LogP contribution >= 0.6 is 0 Å². The van der Waals surface area contributed by atoms with Gasteiger partial charge in [-0.2, -0.15) is 4.98 Å². The van der Waals surface area contributed by atoms with Gasteiger partial charge in [-0.1, -0.05) is 13.8 Å². The van der Waals surface area contributed by atoms with Gasteiger partial charge in [0, 0.05) is 26.8 Å². The summed E-state index contributed by atoms with van der Waals surface area (Å²) < 4.78 is 0. The fourth-order valence-electron chi connectivity index (χ4n) is 2.49. The molecule has 2 rings (SSSR count). The highest BCUT2D eigenvalue weighted by atomic mass is 16.3. The van der Waals surface area contributed by atoms with Crippen LogP contribution in [0.2, 0.25) is 0 Å². The van der Waals surface area contributed by atoms with E-state index in [4.69, 9.17) is 0 Å². The van der Waals surface area contributed by atoms with Crippen LogP contribution in [0.25, 0.3) is 0 Å². The number of hydrogen-bond donors (Lipinski definition) is 2. The zero-order valence-electron chi connectivity index (χ0n) is 13.0. The average Bonchev–Trinajstić information content (AvgIpc) is 2.41. The minimum absolute atomic E-state index is 0.360. The lowest BCUT2D eigenvalue weighted by molar-refractivity contribution is -0.0145. The van der Waals surface area contributed by atoms with E-state index >= 15 is 0 Å². The summed E-state index contributed by atoms with van der Waals surface area (Å²) in [6.45, 7) is 5.09. The predicted octanol–water partition coefficient (Wildman–Crippen LogP) is 2.29. The number of rotatable bonds is 4. The molecule has 0 bridgehead atoms. The molecular formula is C15H26N4O. The highest BCUT2D eigenvalue weighted by Crippen LogP contribution is 2.40. The van der Waals surface area contributed by atoms with Crippen LogP contribution in [0.5, 0.6) is 0 Å². The van der Waals surface area contributed by atoms with Crippen LogP contribution in [-0.2, 0) is 0 Å². The molecule has 0 unspecified atom stereocenters. The fraction of sp³-hybridized carbons (Fsp3) is 0.733. The van der Waals surface area contributed by atoms with Crippen molar-refractivity contribution in [2.45, 2.75) is 45.1 Å². The quantitative estimate of drug-likeness (QED) is 0.885. The van der Waals surface area contributed by atoms with Crippen LogP contribution in [0, 0.1) is 5.41 Å². The number of nitrogens with zero attached hydrogens (tertiary/aromatic N) is 3. The molecule has 5 nitrogen and oxygen atoms in total. The first-order valence-corrected chi connectivity index (χ1v) is 7.26. The van der Waals surface area contributed by atoms with Crippen LogP contribution in [0.4, 0.5) is 11.8 Å². The molecule has 0 aliphatic heterocycles. The molecule has 1 aromatic rings. The van der Waals surface area contributed by atoms with Crippen LogP contribution in [0.1, 0.15) is 39.5 Å². The minimum Gasteiger partial charge on any atom is -0.388 e. The third-order valence-electron chi connectivity index (χ3n) is 4.18. The molecule has 1 saturated carbocycles. The smallest absolute Gasteiger partial charge is 0.226 e. The van der Waals surface area contributed by atoms with Crippen molar-refractivity contribution in [1.29, 1.82) is 0 Å². The minimum atomic E-state index is -0.612. The van der Waals surface area contributed by atoms with E-state index in [1.54, 1.807) is 6.20 Å². The van der Waals surface area contributed by atoms with Gasteiger partial charge < -0.3 is 15.3 Å². The number of hydrogen-bond acceptors (Lipinski definition) is 5. The van der Waals surface area contributed by atoms with E-state index in [2.05, 4.69) is 29.1 Å². The van der Waals surface area contributed by atoms with Crippen molar-refractivity contribution >= 4 is 11.8 Å². The van der Waals surface area contributed by atoms with Crippen LogP contribution in [0.3, 0.4) is 0 Å². The Morgan fingerprint density at radius 3 is 2.50 bits per heavy atom. The maximum absolute atomic E-state index is 10.6. The van der Waals surface area contributed by atoms with E-state index in [9.17, 15) is 5.11 Å². The Bertz CT molecular complexity index is 449. The summed E-state index contributed by atoms with van der Waals surface area (Å²) >= 11 is 0. The highest BCUT2D eigenvalue weighted by Gasteiger charge is 2.36. The number of anilines is 2. The predicted molar refractivity (Wildman–Crippen MR) is 82.0 cm³/mol. The molecule has 1 aliphatic carbocycles. The molecule has 0 atom stereocenters. The SMILES string of the molecule is CN(C)c1nccc(NCC2(O)CCC(C)(C)CC2)n1. The van der Waals surface area contributed by atoms with Gasteiger partial charge in [0.2, 0.25) is 5.95 Å². The molecule has 2 N–H and O–H groups in total. The topological polar surface area (TPSA) is 61.3 Å². The highest BCUT2D eigenvalue weighted by molar-refractivity contribution is 5.40. The summed E-state index contributed by atoms with van der Waals surface area (Å²) in [6, 6.07) is 1.84. The standard InChI is InChI=1S/C15H26N4O/c1-14(2)6-8-15(20,9-7-14)11-17-12-5-10-16-13(18-12)19(3)4/h5,10,20H,6-9,11H2,1-4H3,(H,16,17,18). The van der Waals surface area contributed by atoms with E-state index in [0.29, 0.717) is 17.9 Å². The molecule has 0 spiro atoms. The molecule has 0 amide bonds. The molecule has 1 fully saturated rings. The Labute approximate surface area is 121 Å². The second kappa shape index (κ2) is 5.56. The van der Waals surface area contributed by atoms with Gasteiger partial charge in [0.05, 0.1) is 5.60 Å². The average molecular weight is 278 g/mol. The monoisotopic (exact) mass is 278 g/mol. The molecule has 5 heteroatoms. The fourth-order valence-corrected chi connectivity index (χ4v) is 2.49. The maximum Gasteiger partial charge on any atom is 0.226 e. The summed E-state index contributed by atoms with van der Waals surface area (Å²) in [5.74, 6) is 1.44. The van der Waals surface area contributed by atoms with Crippen molar-refractivity contribution in [3.05, 3.63) is 12.3 Å². The van der Waals surface area contributed by atoms with Crippen molar-refractivity contribution in [3.63, 3.8) is 0 Å². The van der Waals surface area contributed by atoms with Crippen molar-refractivity contribution in [2.24, 2.45) is 5.41 Å². The van der Waals surface area contributed by atoms with Gasteiger partial charge in [-0.15, -0.1) is 0 Å². The van der Waals surface area contributed by atoms with Gasteiger partial charge in [-0.25, -0.2) is 4.98 Å². The lowest BCUT2D eigenvalue weighted by Gasteiger charge is -2.40. The largest absolute Gasteiger partial charge is 0.388 e. The Morgan fingerprint density at radius 1 is 1.25 bits per heavy atom. The van der Waals surface area contributed by atoms with Gasteiger partial charge in [-0.3, -0.25) is 0 Å². The van der Waals surface area contributed by atoms with Crippen molar-refractivity contribution in [3.8, 4) is 0 Å². The number of aromatic nitrogens is 2. The molecule has 0 saturated heterocycles.